The molecule has 1 aliphatic carbocycles. The zero-order chi connectivity index (χ0) is 11.7. The maximum atomic E-state index is 11.5. The number of halogens is 1. The van der Waals surface area contributed by atoms with Crippen molar-refractivity contribution in [3.05, 3.63) is 21.6 Å². The van der Waals surface area contributed by atoms with E-state index >= 15 is 0 Å². The first-order valence-corrected chi connectivity index (χ1v) is 5.71. The fourth-order valence-corrected chi connectivity index (χ4v) is 2.20. The van der Waals surface area contributed by atoms with Crippen LogP contribution in [-0.4, -0.2) is 21.9 Å². The molecule has 5 nitrogen and oxygen atoms in total. The average molecular weight is 243 g/mol. The number of hydrogen-bond acceptors (Lipinski definition) is 4. The van der Waals surface area contributed by atoms with Gasteiger partial charge in [0, 0.05) is 19.1 Å². The first-order valence-electron chi connectivity index (χ1n) is 5.33. The molecule has 1 aromatic heterocycles. The molecule has 0 bridgehead atoms. The van der Waals surface area contributed by atoms with E-state index in [9.17, 15) is 4.79 Å². The van der Waals surface area contributed by atoms with Crippen LogP contribution in [0.3, 0.4) is 0 Å². The molecule has 6 heteroatoms. The molecule has 3 N–H and O–H groups in total. The molecule has 2 unspecified atom stereocenters. The maximum Gasteiger partial charge on any atom is 0.287 e. The number of rotatable bonds is 2. The molecule has 1 aliphatic rings. The molecule has 0 aliphatic heterocycles. The molecule has 0 radical (unpaired) electrons. The molecule has 2 atom stereocenters. The van der Waals surface area contributed by atoms with Gasteiger partial charge < -0.3 is 11.1 Å². The quantitative estimate of drug-likeness (QED) is 0.802. The molecule has 2 rings (SSSR count). The van der Waals surface area contributed by atoms with Gasteiger partial charge in [-0.3, -0.25) is 4.79 Å². The largest absolute Gasteiger partial charge is 0.378 e. The fraction of sp³-hybridized carbons (Fsp3) is 0.600. The Balaban J connectivity index is 2.22. The highest BCUT2D eigenvalue weighted by molar-refractivity contribution is 6.32. The Morgan fingerprint density at radius 3 is 3.00 bits per heavy atom. The molecule has 0 spiro atoms. The van der Waals surface area contributed by atoms with E-state index < -0.39 is 0 Å². The van der Waals surface area contributed by atoms with Gasteiger partial charge >= 0.3 is 0 Å². The van der Waals surface area contributed by atoms with E-state index in [1.165, 1.54) is 4.68 Å². The lowest BCUT2D eigenvalue weighted by atomic mass is 10.2. The normalized spacial score (nSPS) is 24.7. The highest BCUT2D eigenvalue weighted by atomic mass is 35.5. The Hall–Kier alpha value is -1.07. The summed E-state index contributed by atoms with van der Waals surface area (Å²) in [6, 6.07) is 0.312. The van der Waals surface area contributed by atoms with Crippen LogP contribution in [0.4, 0.5) is 5.69 Å². The summed E-state index contributed by atoms with van der Waals surface area (Å²) in [5.41, 5.74) is 6.22. The predicted octanol–water partition coefficient (Wildman–Crippen LogP) is 0.725. The second-order valence-electron chi connectivity index (χ2n) is 4.15. The van der Waals surface area contributed by atoms with Crippen LogP contribution in [0.1, 0.15) is 19.3 Å². The Kier molecular flexibility index (Phi) is 3.16. The van der Waals surface area contributed by atoms with Crippen molar-refractivity contribution in [3.63, 3.8) is 0 Å². The summed E-state index contributed by atoms with van der Waals surface area (Å²) in [4.78, 5) is 11.5. The Morgan fingerprint density at radius 2 is 2.38 bits per heavy atom. The number of aryl methyl sites for hydroxylation is 1. The third-order valence-electron chi connectivity index (χ3n) is 2.99. The second-order valence-corrected chi connectivity index (χ2v) is 4.52. The molecule has 1 heterocycles. The van der Waals surface area contributed by atoms with E-state index in [2.05, 4.69) is 10.4 Å². The lowest BCUT2D eigenvalue weighted by Crippen LogP contribution is -2.36. The summed E-state index contributed by atoms with van der Waals surface area (Å²) < 4.78 is 1.21. The number of nitrogens with two attached hydrogens (primary N) is 1. The van der Waals surface area contributed by atoms with E-state index in [0.717, 1.165) is 19.3 Å². The van der Waals surface area contributed by atoms with Crippen molar-refractivity contribution < 1.29 is 0 Å². The average Bonchev–Trinajstić information content (AvgIpc) is 2.65. The molecule has 1 aromatic rings. The molecular weight excluding hydrogens is 228 g/mol. The maximum absolute atomic E-state index is 11.5. The van der Waals surface area contributed by atoms with Crippen molar-refractivity contribution >= 4 is 17.3 Å². The Morgan fingerprint density at radius 1 is 1.62 bits per heavy atom. The van der Waals surface area contributed by atoms with Gasteiger partial charge in [-0.05, 0) is 19.3 Å². The molecule has 16 heavy (non-hydrogen) atoms. The van der Waals surface area contributed by atoms with Crippen molar-refractivity contribution in [2.24, 2.45) is 12.8 Å². The van der Waals surface area contributed by atoms with Crippen molar-refractivity contribution in [2.75, 3.05) is 5.32 Å². The van der Waals surface area contributed by atoms with Crippen LogP contribution < -0.4 is 16.6 Å². The summed E-state index contributed by atoms with van der Waals surface area (Å²) in [6.07, 6.45) is 4.68. The van der Waals surface area contributed by atoms with Crippen molar-refractivity contribution in [3.8, 4) is 0 Å². The molecule has 1 fully saturated rings. The van der Waals surface area contributed by atoms with Gasteiger partial charge in [-0.1, -0.05) is 11.6 Å². The van der Waals surface area contributed by atoms with E-state index in [-0.39, 0.29) is 22.7 Å². The topological polar surface area (TPSA) is 72.9 Å². The minimum absolute atomic E-state index is 0.125. The third kappa shape index (κ3) is 2.05. The van der Waals surface area contributed by atoms with E-state index in [1.807, 2.05) is 0 Å². The highest BCUT2D eigenvalue weighted by Gasteiger charge is 2.24. The minimum atomic E-state index is -0.293. The summed E-state index contributed by atoms with van der Waals surface area (Å²) in [5.74, 6) is 0. The Bertz CT molecular complexity index is 445. The van der Waals surface area contributed by atoms with E-state index in [0.29, 0.717) is 5.69 Å². The number of nitrogens with zero attached hydrogens (tertiary/aromatic N) is 2. The summed E-state index contributed by atoms with van der Waals surface area (Å²) in [5, 5.41) is 7.29. The SMILES string of the molecule is Cn1ncc(NC2CCCC2N)c(Cl)c1=O. The van der Waals surface area contributed by atoms with Crippen LogP contribution in [0.5, 0.6) is 0 Å². The van der Waals surface area contributed by atoms with Gasteiger partial charge in [0.05, 0.1) is 11.9 Å². The van der Waals surface area contributed by atoms with Crippen molar-refractivity contribution in [2.45, 2.75) is 31.3 Å². The third-order valence-corrected chi connectivity index (χ3v) is 3.35. The first kappa shape index (κ1) is 11.4. The molecule has 0 saturated heterocycles. The highest BCUT2D eigenvalue weighted by Crippen LogP contribution is 2.23. The van der Waals surface area contributed by atoms with Gasteiger partial charge in [0.2, 0.25) is 0 Å². The van der Waals surface area contributed by atoms with Gasteiger partial charge in [-0.15, -0.1) is 0 Å². The van der Waals surface area contributed by atoms with Gasteiger partial charge in [-0.2, -0.15) is 5.10 Å². The second kappa shape index (κ2) is 4.43. The molecule has 0 aromatic carbocycles. The van der Waals surface area contributed by atoms with Gasteiger partial charge in [-0.25, -0.2) is 4.68 Å². The van der Waals surface area contributed by atoms with E-state index in [4.69, 9.17) is 17.3 Å². The number of nitrogens with one attached hydrogen (secondary N) is 1. The van der Waals surface area contributed by atoms with Crippen molar-refractivity contribution in [1.82, 2.24) is 9.78 Å². The van der Waals surface area contributed by atoms with Crippen molar-refractivity contribution in [1.29, 1.82) is 0 Å². The zero-order valence-electron chi connectivity index (χ0n) is 9.11. The van der Waals surface area contributed by atoms with Crippen LogP contribution in [0.15, 0.2) is 11.0 Å². The van der Waals surface area contributed by atoms with Crippen LogP contribution in [0, 0.1) is 0 Å². The lowest BCUT2D eigenvalue weighted by Gasteiger charge is -2.18. The summed E-state index contributed by atoms with van der Waals surface area (Å²) >= 11 is 5.95. The number of aromatic nitrogens is 2. The van der Waals surface area contributed by atoms with Gasteiger partial charge in [0.15, 0.2) is 0 Å². The predicted molar refractivity (Wildman–Crippen MR) is 63.7 cm³/mol. The smallest absolute Gasteiger partial charge is 0.287 e. The Labute approximate surface area is 98.6 Å². The summed E-state index contributed by atoms with van der Waals surface area (Å²) in [6.45, 7) is 0. The molecule has 1 saturated carbocycles. The summed E-state index contributed by atoms with van der Waals surface area (Å²) in [7, 11) is 1.57. The first-order chi connectivity index (χ1) is 7.59. The van der Waals surface area contributed by atoms with Gasteiger partial charge in [0.1, 0.15) is 5.02 Å². The zero-order valence-corrected chi connectivity index (χ0v) is 9.87. The van der Waals surface area contributed by atoms with Gasteiger partial charge in [0.25, 0.3) is 5.56 Å². The van der Waals surface area contributed by atoms with Crippen LogP contribution in [0.2, 0.25) is 5.02 Å². The monoisotopic (exact) mass is 242 g/mol. The van der Waals surface area contributed by atoms with E-state index in [1.54, 1.807) is 13.2 Å². The van der Waals surface area contributed by atoms with Crippen LogP contribution in [-0.2, 0) is 7.05 Å². The number of hydrogen-bond donors (Lipinski definition) is 2. The minimum Gasteiger partial charge on any atom is -0.378 e. The molecular formula is C10H15ClN4O. The molecule has 0 amide bonds. The lowest BCUT2D eigenvalue weighted by molar-refractivity contribution is 0.634. The van der Waals surface area contributed by atoms with Crippen LogP contribution in [0.25, 0.3) is 0 Å². The number of anilines is 1. The standard InChI is InChI=1S/C10H15ClN4O/c1-15-10(16)9(11)8(5-13-15)14-7-4-2-3-6(7)12/h5-7,14H,2-4,12H2,1H3. The van der Waals surface area contributed by atoms with Crippen LogP contribution >= 0.6 is 11.6 Å². The fourth-order valence-electron chi connectivity index (χ4n) is 1.98. The molecule has 88 valence electrons.